The number of methoxy groups -OCH3 is 1. The molecule has 0 aliphatic heterocycles. The van der Waals surface area contributed by atoms with Gasteiger partial charge < -0.3 is 4.74 Å². The minimum atomic E-state index is 0.652. The van der Waals surface area contributed by atoms with Crippen LogP contribution in [0.2, 0.25) is 5.02 Å². The Morgan fingerprint density at radius 1 is 1.09 bits per heavy atom. The summed E-state index contributed by atoms with van der Waals surface area (Å²) < 4.78 is 6.24. The van der Waals surface area contributed by atoms with Crippen LogP contribution in [0.3, 0.4) is 0 Å². The normalized spacial score (nSPS) is 11.2. The Balaban J connectivity index is 1.99. The zero-order valence-corrected chi connectivity index (χ0v) is 14.2. The number of nitrogens with zero attached hydrogens (tertiary/aromatic N) is 1. The molecular weight excluding hydrogens is 362 g/mol. The van der Waals surface area contributed by atoms with Crippen molar-refractivity contribution in [2.24, 2.45) is 0 Å². The maximum atomic E-state index is 6.10. The zero-order chi connectivity index (χ0) is 15.5. The molecule has 0 saturated heterocycles. The number of benzene rings is 2. The van der Waals surface area contributed by atoms with Gasteiger partial charge in [-0.15, -0.1) is 0 Å². The number of aromatic nitrogens is 1. The molecule has 2 nitrogen and oxygen atoms in total. The van der Waals surface area contributed by atoms with Crippen LogP contribution >= 0.6 is 27.5 Å². The summed E-state index contributed by atoms with van der Waals surface area (Å²) in [5, 5.41) is 1.78. The SMILES string of the molecule is COc1c(Br)cc(Cl)cc1C=Cc1ccc2ccccc2n1. The summed E-state index contributed by atoms with van der Waals surface area (Å²) in [6.45, 7) is 0. The van der Waals surface area contributed by atoms with Crippen LogP contribution in [0.4, 0.5) is 0 Å². The molecule has 0 bridgehead atoms. The predicted octanol–water partition coefficient (Wildman–Crippen LogP) is 5.83. The molecule has 0 fully saturated rings. The smallest absolute Gasteiger partial charge is 0.140 e. The van der Waals surface area contributed by atoms with Gasteiger partial charge in [0.05, 0.1) is 22.8 Å². The molecular formula is C18H13BrClNO. The highest BCUT2D eigenvalue weighted by atomic mass is 79.9. The minimum Gasteiger partial charge on any atom is -0.495 e. The first-order valence-corrected chi connectivity index (χ1v) is 7.91. The molecule has 2 aromatic carbocycles. The second-order valence-corrected chi connectivity index (χ2v) is 6.06. The van der Waals surface area contributed by atoms with Gasteiger partial charge in [0.15, 0.2) is 0 Å². The second kappa shape index (κ2) is 6.51. The molecule has 0 saturated carbocycles. The summed E-state index contributed by atoms with van der Waals surface area (Å²) in [6.07, 6.45) is 3.90. The predicted molar refractivity (Wildman–Crippen MR) is 96.4 cm³/mol. The average molecular weight is 375 g/mol. The number of halogens is 2. The molecule has 0 atom stereocenters. The molecule has 0 aliphatic rings. The van der Waals surface area contributed by atoms with E-state index in [0.29, 0.717) is 5.02 Å². The first kappa shape index (κ1) is 15.1. The molecule has 3 aromatic rings. The van der Waals surface area contributed by atoms with Crippen LogP contribution in [0.1, 0.15) is 11.3 Å². The van der Waals surface area contributed by atoms with E-state index in [-0.39, 0.29) is 0 Å². The molecule has 0 N–H and O–H groups in total. The molecule has 4 heteroatoms. The molecule has 22 heavy (non-hydrogen) atoms. The molecule has 0 aliphatic carbocycles. The number of pyridine rings is 1. The molecule has 0 unspecified atom stereocenters. The number of ether oxygens (including phenoxy) is 1. The standard InChI is InChI=1S/C18H13BrClNO/c1-22-18-13(10-14(20)11-16(18)19)7-9-15-8-6-12-4-2-3-5-17(12)21-15/h2-11H,1H3. The Labute approximate surface area is 142 Å². The van der Waals surface area contributed by atoms with Gasteiger partial charge in [-0.05, 0) is 52.3 Å². The van der Waals surface area contributed by atoms with Crippen molar-refractivity contribution in [2.45, 2.75) is 0 Å². The summed E-state index contributed by atoms with van der Waals surface area (Å²) in [5.74, 6) is 0.751. The van der Waals surface area contributed by atoms with Crippen LogP contribution in [0, 0.1) is 0 Å². The lowest BCUT2D eigenvalue weighted by Crippen LogP contribution is -1.89. The number of fused-ring (bicyclic) bond motifs is 1. The lowest BCUT2D eigenvalue weighted by atomic mass is 10.1. The molecule has 1 heterocycles. The van der Waals surface area contributed by atoms with E-state index in [1.807, 2.05) is 54.6 Å². The van der Waals surface area contributed by atoms with Crippen molar-refractivity contribution in [1.82, 2.24) is 4.98 Å². The van der Waals surface area contributed by atoms with E-state index in [2.05, 4.69) is 27.0 Å². The van der Waals surface area contributed by atoms with Crippen molar-refractivity contribution in [3.63, 3.8) is 0 Å². The highest BCUT2D eigenvalue weighted by Gasteiger charge is 2.07. The average Bonchev–Trinajstić information content (AvgIpc) is 2.52. The van der Waals surface area contributed by atoms with E-state index in [0.717, 1.165) is 32.4 Å². The molecule has 3 rings (SSSR count). The molecule has 0 amide bonds. The van der Waals surface area contributed by atoms with Crippen LogP contribution in [-0.4, -0.2) is 12.1 Å². The topological polar surface area (TPSA) is 22.1 Å². The fourth-order valence-electron chi connectivity index (χ4n) is 2.27. The quantitative estimate of drug-likeness (QED) is 0.575. The molecule has 0 spiro atoms. The number of hydrogen-bond donors (Lipinski definition) is 0. The fourth-order valence-corrected chi connectivity index (χ4v) is 3.27. The third kappa shape index (κ3) is 3.16. The lowest BCUT2D eigenvalue weighted by Gasteiger charge is -2.08. The third-order valence-electron chi connectivity index (χ3n) is 3.29. The third-order valence-corrected chi connectivity index (χ3v) is 4.10. The van der Waals surface area contributed by atoms with Crippen LogP contribution in [0.25, 0.3) is 23.1 Å². The van der Waals surface area contributed by atoms with Gasteiger partial charge in [0.1, 0.15) is 5.75 Å². The van der Waals surface area contributed by atoms with Crippen molar-refractivity contribution in [3.05, 3.63) is 69.3 Å². The van der Waals surface area contributed by atoms with Crippen LogP contribution in [0.5, 0.6) is 5.75 Å². The number of hydrogen-bond acceptors (Lipinski definition) is 2. The van der Waals surface area contributed by atoms with E-state index in [1.165, 1.54) is 0 Å². The maximum absolute atomic E-state index is 6.10. The molecule has 0 radical (unpaired) electrons. The Hall–Kier alpha value is -1.84. The summed E-state index contributed by atoms with van der Waals surface area (Å²) >= 11 is 9.56. The molecule has 1 aromatic heterocycles. The summed E-state index contributed by atoms with van der Waals surface area (Å²) in [4.78, 5) is 4.62. The monoisotopic (exact) mass is 373 g/mol. The first-order valence-electron chi connectivity index (χ1n) is 6.74. The van der Waals surface area contributed by atoms with Gasteiger partial charge >= 0.3 is 0 Å². The van der Waals surface area contributed by atoms with Gasteiger partial charge in [0, 0.05) is 16.0 Å². The fraction of sp³-hybridized carbons (Fsp3) is 0.0556. The zero-order valence-electron chi connectivity index (χ0n) is 11.9. The largest absolute Gasteiger partial charge is 0.495 e. The van der Waals surface area contributed by atoms with Crippen molar-refractivity contribution >= 4 is 50.6 Å². The summed E-state index contributed by atoms with van der Waals surface area (Å²) in [6, 6.07) is 15.8. The van der Waals surface area contributed by atoms with Crippen LogP contribution < -0.4 is 4.74 Å². The lowest BCUT2D eigenvalue weighted by molar-refractivity contribution is 0.411. The number of para-hydroxylation sites is 1. The number of rotatable bonds is 3. The highest BCUT2D eigenvalue weighted by Crippen LogP contribution is 2.33. The summed E-state index contributed by atoms with van der Waals surface area (Å²) in [5.41, 5.74) is 2.76. The van der Waals surface area contributed by atoms with Crippen molar-refractivity contribution < 1.29 is 4.74 Å². The highest BCUT2D eigenvalue weighted by molar-refractivity contribution is 9.10. The maximum Gasteiger partial charge on any atom is 0.140 e. The van der Waals surface area contributed by atoms with Gasteiger partial charge in [0.2, 0.25) is 0 Å². The van der Waals surface area contributed by atoms with Crippen LogP contribution in [-0.2, 0) is 0 Å². The van der Waals surface area contributed by atoms with E-state index in [1.54, 1.807) is 7.11 Å². The first-order chi connectivity index (χ1) is 10.7. The van der Waals surface area contributed by atoms with Gasteiger partial charge in [-0.1, -0.05) is 35.9 Å². The van der Waals surface area contributed by atoms with E-state index in [4.69, 9.17) is 16.3 Å². The summed E-state index contributed by atoms with van der Waals surface area (Å²) in [7, 11) is 1.64. The van der Waals surface area contributed by atoms with Gasteiger partial charge in [0.25, 0.3) is 0 Å². The van der Waals surface area contributed by atoms with Crippen molar-refractivity contribution in [3.8, 4) is 5.75 Å². The van der Waals surface area contributed by atoms with E-state index >= 15 is 0 Å². The van der Waals surface area contributed by atoms with Gasteiger partial charge in [-0.2, -0.15) is 0 Å². The van der Waals surface area contributed by atoms with E-state index < -0.39 is 0 Å². The second-order valence-electron chi connectivity index (χ2n) is 4.77. The van der Waals surface area contributed by atoms with E-state index in [9.17, 15) is 0 Å². The Morgan fingerprint density at radius 3 is 2.73 bits per heavy atom. The van der Waals surface area contributed by atoms with Crippen molar-refractivity contribution in [1.29, 1.82) is 0 Å². The van der Waals surface area contributed by atoms with Crippen molar-refractivity contribution in [2.75, 3.05) is 7.11 Å². The Bertz CT molecular complexity index is 861. The molecule has 110 valence electrons. The Morgan fingerprint density at radius 2 is 1.91 bits per heavy atom. The van der Waals surface area contributed by atoms with Gasteiger partial charge in [-0.25, -0.2) is 4.98 Å². The van der Waals surface area contributed by atoms with Gasteiger partial charge in [-0.3, -0.25) is 0 Å². The minimum absolute atomic E-state index is 0.652. The van der Waals surface area contributed by atoms with Crippen LogP contribution in [0.15, 0.2) is 53.0 Å². The Kier molecular flexibility index (Phi) is 4.46.